The van der Waals surface area contributed by atoms with Crippen LogP contribution in [0.25, 0.3) is 33.5 Å². The maximum atomic E-state index is 16.2. The van der Waals surface area contributed by atoms with Crippen LogP contribution in [0.2, 0.25) is 5.15 Å². The number of alkyl halides is 3. The number of nitrogen functional groups attached to an aromatic ring is 3. The van der Waals surface area contributed by atoms with Crippen molar-refractivity contribution in [3.63, 3.8) is 0 Å². The molecule has 7 aromatic rings. The fraction of sp³-hybridized carbons (Fsp3) is 0.614. The number of nitrogens with zero attached hydrogens (tertiary/aromatic N) is 14. The van der Waals surface area contributed by atoms with Crippen LogP contribution in [0.5, 0.6) is 5.75 Å². The number of aliphatic hydroxyl groups is 3. The Morgan fingerprint density at radius 1 is 0.725 bits per heavy atom. The summed E-state index contributed by atoms with van der Waals surface area (Å²) in [6.45, 7) is 11.5. The zero-order valence-corrected chi connectivity index (χ0v) is 53.7. The molecule has 12 rings (SSSR count). The summed E-state index contributed by atoms with van der Waals surface area (Å²) in [6, 6.07) is 7.75. The number of carbonyl (C=O) groups excluding carboxylic acids is 1. The summed E-state index contributed by atoms with van der Waals surface area (Å²) < 4.78 is 98.5. The molecule has 0 bridgehead atoms. The molecule has 1 aromatic carbocycles. The molecule has 1 unspecified atom stereocenters. The van der Waals surface area contributed by atoms with E-state index < -0.39 is 99.2 Å². The van der Waals surface area contributed by atoms with Gasteiger partial charge in [0.25, 0.3) is 0 Å². The molecular formula is C57H79ClF3N18O11P. The molecule has 91 heavy (non-hydrogen) atoms. The number of nitrogens with two attached hydrogens (primary N) is 3. The van der Waals surface area contributed by atoms with E-state index in [-0.39, 0.29) is 52.5 Å². The Bertz CT molecular complexity index is 3770. The fourth-order valence-electron chi connectivity index (χ4n) is 11.6. The van der Waals surface area contributed by atoms with Gasteiger partial charge < -0.3 is 65.8 Å². The number of esters is 1. The van der Waals surface area contributed by atoms with E-state index in [1.165, 1.54) is 62.2 Å². The van der Waals surface area contributed by atoms with E-state index in [1.807, 2.05) is 37.7 Å². The maximum Gasteiger partial charge on any atom is 0.459 e. The second-order valence-corrected chi connectivity index (χ2v) is 26.4. The van der Waals surface area contributed by atoms with Crippen LogP contribution in [-0.2, 0) is 32.8 Å². The zero-order valence-electron chi connectivity index (χ0n) is 52.0. The van der Waals surface area contributed by atoms with Crippen LogP contribution in [0.1, 0.15) is 119 Å². The van der Waals surface area contributed by atoms with Crippen molar-refractivity contribution >= 4 is 88.3 Å². The summed E-state index contributed by atoms with van der Waals surface area (Å²) >= 11 is 6.00. The van der Waals surface area contributed by atoms with Crippen LogP contribution in [0.4, 0.5) is 42.7 Å². The Hall–Kier alpha value is -6.87. The topological polar surface area (TPSA) is 378 Å². The summed E-state index contributed by atoms with van der Waals surface area (Å²) in [5.41, 5.74) is 13.8. The number of anilines is 5. The lowest BCUT2D eigenvalue weighted by Crippen LogP contribution is -2.41. The smallest absolute Gasteiger partial charge is 0.459 e. The third kappa shape index (κ3) is 13.1. The van der Waals surface area contributed by atoms with Crippen molar-refractivity contribution in [2.24, 2.45) is 5.92 Å². The van der Waals surface area contributed by atoms with E-state index >= 15 is 13.2 Å². The molecule has 3 saturated heterocycles. The number of imidazole rings is 3. The molecule has 5 fully saturated rings. The van der Waals surface area contributed by atoms with Gasteiger partial charge in [-0.25, -0.2) is 32.7 Å². The molecule has 3 aliphatic heterocycles. The molecular weight excluding hydrogens is 1240 g/mol. The lowest BCUT2D eigenvalue weighted by atomic mass is 9.88. The molecule has 9 heterocycles. The highest BCUT2D eigenvalue weighted by atomic mass is 35.5. The van der Waals surface area contributed by atoms with Crippen molar-refractivity contribution in [3.05, 3.63) is 54.5 Å². The first kappa shape index (κ1) is 67.0. The Balaban J connectivity index is 0.000000163. The van der Waals surface area contributed by atoms with Gasteiger partial charge in [0.15, 0.2) is 80.5 Å². The van der Waals surface area contributed by atoms with Crippen LogP contribution in [0, 0.1) is 5.92 Å². The van der Waals surface area contributed by atoms with Gasteiger partial charge in [-0.3, -0.25) is 23.0 Å². The van der Waals surface area contributed by atoms with E-state index in [1.54, 1.807) is 48.7 Å². The number of para-hydroxylation sites is 1. The van der Waals surface area contributed by atoms with Crippen molar-refractivity contribution in [3.8, 4) is 5.75 Å². The second kappa shape index (κ2) is 26.3. The Kier molecular flexibility index (Phi) is 19.3. The van der Waals surface area contributed by atoms with Crippen LogP contribution in [-0.4, -0.2) is 179 Å². The van der Waals surface area contributed by atoms with Gasteiger partial charge in [-0.1, -0.05) is 43.6 Å². The van der Waals surface area contributed by atoms with Crippen molar-refractivity contribution in [2.75, 3.05) is 54.3 Å². The van der Waals surface area contributed by atoms with Gasteiger partial charge in [-0.2, -0.15) is 35.0 Å². The Morgan fingerprint density at radius 3 is 1.60 bits per heavy atom. The lowest BCUT2D eigenvalue weighted by molar-refractivity contribution is -0.149. The molecule has 0 spiro atoms. The van der Waals surface area contributed by atoms with Gasteiger partial charge in [0.1, 0.15) is 41.7 Å². The highest BCUT2D eigenvalue weighted by Gasteiger charge is 2.58. The average molecular weight is 1320 g/mol. The maximum absolute atomic E-state index is 16.2. The number of fused-ring (bicyclic) bond motifs is 3. The minimum absolute atomic E-state index is 0.0189. The number of nitrogens with one attached hydrogen (secondary N) is 1. The van der Waals surface area contributed by atoms with Crippen LogP contribution >= 0.6 is 19.3 Å². The predicted octanol–water partition coefficient (Wildman–Crippen LogP) is 6.63. The minimum atomic E-state index is -4.29. The number of aromatic nitrogens is 12. The van der Waals surface area contributed by atoms with Crippen molar-refractivity contribution in [1.29, 1.82) is 0 Å². The Labute approximate surface area is 527 Å². The van der Waals surface area contributed by atoms with Gasteiger partial charge >= 0.3 is 13.7 Å². The van der Waals surface area contributed by atoms with Crippen molar-refractivity contribution < 1.29 is 65.8 Å². The molecule has 0 amide bonds. The van der Waals surface area contributed by atoms with E-state index in [0.29, 0.717) is 45.5 Å². The normalized spacial score (nSPS) is 29.3. The van der Waals surface area contributed by atoms with Gasteiger partial charge in [0.05, 0.1) is 44.4 Å². The van der Waals surface area contributed by atoms with Crippen molar-refractivity contribution in [1.82, 2.24) is 63.6 Å². The molecule has 2 saturated carbocycles. The summed E-state index contributed by atoms with van der Waals surface area (Å²) in [4.78, 5) is 54.6. The van der Waals surface area contributed by atoms with E-state index in [9.17, 15) is 24.7 Å². The second-order valence-electron chi connectivity index (χ2n) is 24.4. The van der Waals surface area contributed by atoms with Gasteiger partial charge in [-0.05, 0) is 98.6 Å². The average Bonchev–Trinajstić information content (AvgIpc) is 1.62. The number of aliphatic hydroxyl groups excluding tert-OH is 3. The predicted molar refractivity (Wildman–Crippen MR) is 330 cm³/mol. The largest absolute Gasteiger partial charge is 0.462 e. The molecule has 29 nitrogen and oxygen atoms in total. The summed E-state index contributed by atoms with van der Waals surface area (Å²) in [7, 11) is -0.458. The molecule has 6 aromatic heterocycles. The third-order valence-electron chi connectivity index (χ3n) is 17.6. The van der Waals surface area contributed by atoms with E-state index in [0.717, 1.165) is 38.5 Å². The third-order valence-corrected chi connectivity index (χ3v) is 19.5. The highest BCUT2D eigenvalue weighted by molar-refractivity contribution is 7.52. The van der Waals surface area contributed by atoms with E-state index in [2.05, 4.69) is 49.9 Å². The molecule has 5 aliphatic rings. The number of rotatable bonds is 18. The lowest BCUT2D eigenvalue weighted by Gasteiger charge is -2.35. The minimum Gasteiger partial charge on any atom is -0.462 e. The Morgan fingerprint density at radius 2 is 1.16 bits per heavy atom. The van der Waals surface area contributed by atoms with Crippen LogP contribution in [0.15, 0.2) is 49.3 Å². The zero-order chi connectivity index (χ0) is 65.8. The molecule has 10 N–H and O–H groups in total. The molecule has 14 atom stereocenters. The number of benzene rings is 1. The monoisotopic (exact) mass is 1310 g/mol. The molecule has 2 aliphatic carbocycles. The number of hydrogen-bond acceptors (Lipinski definition) is 25. The number of halogens is 4. The summed E-state index contributed by atoms with van der Waals surface area (Å²) in [6.07, 6.45) is 1.98. The van der Waals surface area contributed by atoms with Gasteiger partial charge in [-0.15, -0.1) is 0 Å². The summed E-state index contributed by atoms with van der Waals surface area (Å²) in [5.74, 6) is 0.447. The first-order chi connectivity index (χ1) is 43.0. The quantitative estimate of drug-likeness (QED) is 0.0269. The first-order valence-corrected chi connectivity index (χ1v) is 32.0. The SMILES string of the molecule is CC(C)OC(=O)[C@H](C)NP(=O)(OC[C@H]1O[C@@H](n2cnc3c(N(C)C4CCC4)nc(N)nc32)[C@](C)(F)[C@@H]1O)Oc1ccccc1.CC[C@H]1O[C@@H](n2cnc3c(Cl)nc(N)nc32)[C@](C)(F)[C@@H]1C.CN(c1nc(N)nc2c1ncn2[C@@H]1O[C@H](CO)[C@@H](O)[C@@]1(C)F)C1CCC1. The number of hydrogen-bond donors (Lipinski definition) is 7. The van der Waals surface area contributed by atoms with Crippen LogP contribution in [0.3, 0.4) is 0 Å². The standard InChI is InChI=1S/C28H39FN7O7P.C16H23FN6O3.C13H17ClFN5O/c1-16(2)41-25(38)17(3)34-44(39,43-19-12-7-6-8-13-19)40-14-20-22(37)28(4,29)26(42-20)36-15-31-21-23(32-27(30)33-24(21)36)35(5)18-10-9-11-18;1-16(17)11(25)9(6-24)26-14(16)23-7-19-10-12(20-15(18)21-13(10)23)22(2)8-4-3-5-8;1-4-7-6(2)13(3,15)11(21-7)20-5-17-8-9(14)18-12(16)19-10(8)20/h6-8,12-13,15-18,20,22,26,37H,9-11,14H2,1-5H3,(H,34,39)(H2,30,32,33);7-9,11,14,24-25H,3-6H2,1-2H3,(H2,18,20,21);5-7,11H,4H2,1-3H3,(H2,16,18,19)/t17-,20+,22+,26+,28+,44?;9-,11-,14-,16-;6-,7-,11-,13-/m011/s1. The molecule has 0 radical (unpaired) electrons. The first-order valence-electron chi connectivity index (χ1n) is 30.1. The molecule has 496 valence electrons. The number of ether oxygens (including phenoxy) is 4. The van der Waals surface area contributed by atoms with Gasteiger partial charge in [0, 0.05) is 32.1 Å². The summed E-state index contributed by atoms with van der Waals surface area (Å²) in [5, 5.41) is 33.2. The van der Waals surface area contributed by atoms with Crippen molar-refractivity contribution in [2.45, 2.75) is 191 Å². The molecule has 34 heteroatoms. The highest BCUT2D eigenvalue weighted by Crippen LogP contribution is 2.50. The number of carbonyl (C=O) groups is 1. The van der Waals surface area contributed by atoms with E-state index in [4.69, 9.17) is 56.8 Å². The van der Waals surface area contributed by atoms with Crippen LogP contribution < -0.4 is 36.6 Å². The van der Waals surface area contributed by atoms with Gasteiger partial charge in [0.2, 0.25) is 17.8 Å². The fourth-order valence-corrected chi connectivity index (χ4v) is 13.4.